The maximum Gasteiger partial charge on any atom is 0.255 e. The van der Waals surface area contributed by atoms with Crippen LogP contribution < -0.4 is 15.8 Å². The summed E-state index contributed by atoms with van der Waals surface area (Å²) < 4.78 is 4.96. The molecule has 0 spiro atoms. The van der Waals surface area contributed by atoms with Gasteiger partial charge < -0.3 is 15.8 Å². The first-order valence-electron chi connectivity index (χ1n) is 5.67. The first-order valence-corrected chi connectivity index (χ1v) is 5.67. The molecule has 0 unspecified atom stereocenters. The number of aromatic nitrogens is 2. The summed E-state index contributed by atoms with van der Waals surface area (Å²) in [5.74, 6) is 0.271. The van der Waals surface area contributed by atoms with Crippen LogP contribution in [0, 0.1) is 0 Å². The molecule has 6 heteroatoms. The number of nitrogens with zero attached hydrogens (tertiary/aromatic N) is 2. The largest absolute Gasteiger partial charge is 0.481 e. The number of hydrogen-bond acceptors (Lipinski definition) is 5. The molecule has 2 rings (SSSR count). The monoisotopic (exact) mass is 258 g/mol. The number of amides is 1. The zero-order chi connectivity index (χ0) is 13.7. The molecule has 0 aromatic carbocycles. The Kier molecular flexibility index (Phi) is 3.92. The summed E-state index contributed by atoms with van der Waals surface area (Å²) in [4.78, 5) is 19.8. The van der Waals surface area contributed by atoms with Crippen LogP contribution in [0.3, 0.4) is 0 Å². The minimum Gasteiger partial charge on any atom is -0.481 e. The summed E-state index contributed by atoms with van der Waals surface area (Å²) >= 11 is 0. The molecular weight excluding hydrogens is 244 g/mol. The van der Waals surface area contributed by atoms with Crippen molar-refractivity contribution in [3.05, 3.63) is 47.9 Å². The van der Waals surface area contributed by atoms with Crippen molar-refractivity contribution in [2.45, 2.75) is 6.54 Å². The summed E-state index contributed by atoms with van der Waals surface area (Å²) in [6.07, 6.45) is 4.63. The quantitative estimate of drug-likeness (QED) is 0.853. The van der Waals surface area contributed by atoms with Crippen molar-refractivity contribution in [1.29, 1.82) is 0 Å². The molecule has 6 nitrogen and oxygen atoms in total. The van der Waals surface area contributed by atoms with E-state index in [9.17, 15) is 4.79 Å². The summed E-state index contributed by atoms with van der Waals surface area (Å²) in [7, 11) is 1.55. The van der Waals surface area contributed by atoms with Crippen molar-refractivity contribution < 1.29 is 9.53 Å². The van der Waals surface area contributed by atoms with E-state index in [-0.39, 0.29) is 5.91 Å². The molecule has 3 N–H and O–H groups in total. The first kappa shape index (κ1) is 12.8. The second-order valence-corrected chi connectivity index (χ2v) is 3.85. The van der Waals surface area contributed by atoms with Gasteiger partial charge in [-0.05, 0) is 11.6 Å². The highest BCUT2D eigenvalue weighted by atomic mass is 16.5. The van der Waals surface area contributed by atoms with Gasteiger partial charge in [0.1, 0.15) is 0 Å². The average molecular weight is 258 g/mol. The molecule has 0 aliphatic rings. The van der Waals surface area contributed by atoms with E-state index in [4.69, 9.17) is 10.5 Å². The third-order valence-electron chi connectivity index (χ3n) is 2.56. The molecule has 0 atom stereocenters. The van der Waals surface area contributed by atoms with E-state index in [1.165, 1.54) is 6.20 Å². The number of pyridine rings is 2. The van der Waals surface area contributed by atoms with Crippen LogP contribution in [0.15, 0.2) is 36.8 Å². The Hall–Kier alpha value is -2.63. The van der Waals surface area contributed by atoms with Crippen molar-refractivity contribution in [1.82, 2.24) is 15.3 Å². The van der Waals surface area contributed by atoms with Crippen molar-refractivity contribution in [3.63, 3.8) is 0 Å². The summed E-state index contributed by atoms with van der Waals surface area (Å²) in [5.41, 5.74) is 7.34. The van der Waals surface area contributed by atoms with Crippen LogP contribution in [-0.2, 0) is 6.54 Å². The Labute approximate surface area is 110 Å². The predicted molar refractivity (Wildman–Crippen MR) is 70.6 cm³/mol. The van der Waals surface area contributed by atoms with E-state index < -0.39 is 0 Å². The lowest BCUT2D eigenvalue weighted by Crippen LogP contribution is -2.24. The Morgan fingerprint density at radius 3 is 2.84 bits per heavy atom. The molecule has 0 fully saturated rings. The van der Waals surface area contributed by atoms with Gasteiger partial charge in [-0.1, -0.05) is 6.07 Å². The number of nitrogen functional groups attached to an aromatic ring is 1. The number of rotatable bonds is 4. The van der Waals surface area contributed by atoms with Gasteiger partial charge in [-0.25, -0.2) is 4.98 Å². The molecule has 98 valence electrons. The van der Waals surface area contributed by atoms with Gasteiger partial charge in [-0.3, -0.25) is 9.78 Å². The molecule has 1 amide bonds. The Balaban J connectivity index is 1.98. The lowest BCUT2D eigenvalue weighted by Gasteiger charge is -2.07. The van der Waals surface area contributed by atoms with Gasteiger partial charge in [-0.2, -0.15) is 0 Å². The van der Waals surface area contributed by atoms with Gasteiger partial charge in [0.05, 0.1) is 12.7 Å². The lowest BCUT2D eigenvalue weighted by atomic mass is 10.2. The zero-order valence-corrected chi connectivity index (χ0v) is 10.5. The highest BCUT2D eigenvalue weighted by Gasteiger charge is 2.09. The highest BCUT2D eigenvalue weighted by molar-refractivity contribution is 5.98. The summed E-state index contributed by atoms with van der Waals surface area (Å²) in [5, 5.41) is 2.75. The number of nitrogens with two attached hydrogens (primary N) is 1. The molecular formula is C13H14N4O2. The van der Waals surface area contributed by atoms with Crippen molar-refractivity contribution >= 4 is 11.6 Å². The number of nitrogens with one attached hydrogen (secondary N) is 1. The normalized spacial score (nSPS) is 9.95. The van der Waals surface area contributed by atoms with Crippen LogP contribution in [0.4, 0.5) is 5.69 Å². The maximum atomic E-state index is 11.9. The Morgan fingerprint density at radius 2 is 2.21 bits per heavy atom. The molecule has 0 aliphatic carbocycles. The van der Waals surface area contributed by atoms with Crippen LogP contribution in [0.5, 0.6) is 5.88 Å². The fourth-order valence-corrected chi connectivity index (χ4v) is 1.51. The molecule has 19 heavy (non-hydrogen) atoms. The van der Waals surface area contributed by atoms with E-state index >= 15 is 0 Å². The molecule has 2 heterocycles. The van der Waals surface area contributed by atoms with Gasteiger partial charge >= 0.3 is 0 Å². The van der Waals surface area contributed by atoms with Crippen LogP contribution in [0.1, 0.15) is 15.9 Å². The Morgan fingerprint density at radius 1 is 1.37 bits per heavy atom. The van der Waals surface area contributed by atoms with Crippen molar-refractivity contribution in [2.24, 2.45) is 0 Å². The Bertz CT molecular complexity index is 569. The number of anilines is 1. The average Bonchev–Trinajstić information content (AvgIpc) is 2.46. The third kappa shape index (κ3) is 3.19. The van der Waals surface area contributed by atoms with E-state index in [0.717, 1.165) is 5.56 Å². The van der Waals surface area contributed by atoms with Gasteiger partial charge in [0.15, 0.2) is 0 Å². The minimum atomic E-state index is -0.263. The van der Waals surface area contributed by atoms with Crippen LogP contribution in [0.2, 0.25) is 0 Å². The molecule has 0 bridgehead atoms. The second kappa shape index (κ2) is 5.81. The summed E-state index contributed by atoms with van der Waals surface area (Å²) in [6.45, 7) is 0.365. The third-order valence-corrected chi connectivity index (χ3v) is 2.56. The molecule has 0 aliphatic heterocycles. The van der Waals surface area contributed by atoms with E-state index in [1.807, 2.05) is 6.07 Å². The van der Waals surface area contributed by atoms with Gasteiger partial charge in [0, 0.05) is 36.9 Å². The number of ether oxygens (including phenoxy) is 1. The van der Waals surface area contributed by atoms with Gasteiger partial charge in [0.2, 0.25) is 5.88 Å². The van der Waals surface area contributed by atoms with Gasteiger partial charge in [-0.15, -0.1) is 0 Å². The summed E-state index contributed by atoms with van der Waals surface area (Å²) in [6, 6.07) is 5.16. The first-order chi connectivity index (χ1) is 9.20. The molecule has 0 saturated carbocycles. The van der Waals surface area contributed by atoms with E-state index in [0.29, 0.717) is 23.7 Å². The number of methoxy groups -OCH3 is 1. The standard InChI is InChI=1S/C13H14N4O2/c1-19-12-3-2-9(6-16-12)7-17-13(18)10-8-15-5-4-11(10)14/h2-6,8H,7H2,1H3,(H2,14,15)(H,17,18). The number of carbonyl (C=O) groups is 1. The maximum absolute atomic E-state index is 11.9. The fourth-order valence-electron chi connectivity index (χ4n) is 1.51. The van der Waals surface area contributed by atoms with Crippen molar-refractivity contribution in [3.8, 4) is 5.88 Å². The minimum absolute atomic E-state index is 0.263. The number of hydrogen-bond donors (Lipinski definition) is 2. The van der Waals surface area contributed by atoms with Crippen LogP contribution >= 0.6 is 0 Å². The molecule has 2 aromatic rings. The number of carbonyl (C=O) groups excluding carboxylic acids is 1. The molecule has 0 saturated heterocycles. The SMILES string of the molecule is COc1ccc(CNC(=O)c2cnccc2N)cn1. The van der Waals surface area contributed by atoms with E-state index in [2.05, 4.69) is 15.3 Å². The van der Waals surface area contributed by atoms with Crippen LogP contribution in [-0.4, -0.2) is 23.0 Å². The highest BCUT2D eigenvalue weighted by Crippen LogP contribution is 2.09. The van der Waals surface area contributed by atoms with Gasteiger partial charge in [0.25, 0.3) is 5.91 Å². The van der Waals surface area contributed by atoms with Crippen molar-refractivity contribution in [2.75, 3.05) is 12.8 Å². The van der Waals surface area contributed by atoms with E-state index in [1.54, 1.807) is 31.6 Å². The topological polar surface area (TPSA) is 90.1 Å². The predicted octanol–water partition coefficient (Wildman–Crippen LogP) is 0.997. The molecule has 0 radical (unpaired) electrons. The molecule has 2 aromatic heterocycles. The smallest absolute Gasteiger partial charge is 0.255 e. The second-order valence-electron chi connectivity index (χ2n) is 3.85. The lowest BCUT2D eigenvalue weighted by molar-refractivity contribution is 0.0951. The van der Waals surface area contributed by atoms with Crippen LogP contribution in [0.25, 0.3) is 0 Å². The fraction of sp³-hybridized carbons (Fsp3) is 0.154. The zero-order valence-electron chi connectivity index (χ0n) is 10.5.